The summed E-state index contributed by atoms with van der Waals surface area (Å²) in [5, 5.41) is 8.01. The Morgan fingerprint density at radius 3 is 2.22 bits per heavy atom. The zero-order valence-electron chi connectivity index (χ0n) is 27.2. The number of alkyl carbamates (subject to hydrolysis) is 1. The Hall–Kier alpha value is -4.65. The van der Waals surface area contributed by atoms with Crippen LogP contribution in [0.5, 0.6) is 0 Å². The summed E-state index contributed by atoms with van der Waals surface area (Å²) in [4.78, 5) is 43.7. The molecule has 0 bridgehead atoms. The van der Waals surface area contributed by atoms with Gasteiger partial charge in [0.15, 0.2) is 0 Å². The van der Waals surface area contributed by atoms with Crippen LogP contribution < -0.4 is 10.6 Å². The van der Waals surface area contributed by atoms with Crippen LogP contribution in [-0.2, 0) is 20.7 Å². The van der Waals surface area contributed by atoms with Crippen LogP contribution in [0.15, 0.2) is 91.0 Å². The van der Waals surface area contributed by atoms with Gasteiger partial charge in [0.05, 0.1) is 0 Å². The topological polar surface area (TPSA) is 87.7 Å². The summed E-state index contributed by atoms with van der Waals surface area (Å²) in [6, 6.07) is 27.2. The second-order valence-corrected chi connectivity index (χ2v) is 12.5. The third-order valence-electron chi connectivity index (χ3n) is 7.83. The van der Waals surface area contributed by atoms with Crippen LogP contribution in [0.2, 0.25) is 0 Å². The summed E-state index contributed by atoms with van der Waals surface area (Å²) in [6.07, 6.45) is 1.06. The molecule has 2 unspecified atom stereocenters. The van der Waals surface area contributed by atoms with E-state index in [-0.39, 0.29) is 18.2 Å². The van der Waals surface area contributed by atoms with E-state index in [0.717, 1.165) is 39.4 Å². The molecule has 0 aliphatic carbocycles. The molecule has 3 amide bonds. The molecule has 0 saturated carbocycles. The van der Waals surface area contributed by atoms with Gasteiger partial charge in [0.1, 0.15) is 17.7 Å². The van der Waals surface area contributed by atoms with Crippen molar-refractivity contribution < 1.29 is 19.1 Å². The van der Waals surface area contributed by atoms with Gasteiger partial charge in [-0.3, -0.25) is 9.59 Å². The van der Waals surface area contributed by atoms with E-state index in [1.807, 2.05) is 112 Å². The summed E-state index contributed by atoms with van der Waals surface area (Å²) in [5.74, 6) is -0.670. The van der Waals surface area contributed by atoms with Gasteiger partial charge in [-0.25, -0.2) is 4.79 Å². The van der Waals surface area contributed by atoms with E-state index < -0.39 is 23.8 Å². The summed E-state index contributed by atoms with van der Waals surface area (Å²) < 4.78 is 5.56. The summed E-state index contributed by atoms with van der Waals surface area (Å²) in [6.45, 7) is 11.7. The van der Waals surface area contributed by atoms with Crippen molar-refractivity contribution in [2.45, 2.75) is 78.5 Å². The van der Waals surface area contributed by atoms with Crippen LogP contribution in [0, 0.1) is 13.8 Å². The molecular weight excluding hydrogens is 562 g/mol. The van der Waals surface area contributed by atoms with Gasteiger partial charge in [-0.05, 0) is 86.2 Å². The minimum atomic E-state index is -0.958. The SMILES string of the molecule is CCCCN(C(=O)C(Cc1ccccc1)NC(=O)OC(C)(C)C)C(C(=O)Nc1ccc2ccccc2c1)c1cccc(C)c1C. The Balaban J connectivity index is 1.77. The van der Waals surface area contributed by atoms with Crippen LogP contribution in [-0.4, -0.2) is 41.0 Å². The Morgan fingerprint density at radius 1 is 0.844 bits per heavy atom. The van der Waals surface area contributed by atoms with E-state index in [1.54, 1.807) is 25.7 Å². The first-order chi connectivity index (χ1) is 21.5. The van der Waals surface area contributed by atoms with Gasteiger partial charge in [0, 0.05) is 18.7 Å². The third-order valence-corrected chi connectivity index (χ3v) is 7.83. The predicted octanol–water partition coefficient (Wildman–Crippen LogP) is 7.90. The van der Waals surface area contributed by atoms with Crippen molar-refractivity contribution in [1.82, 2.24) is 10.2 Å². The quantitative estimate of drug-likeness (QED) is 0.181. The van der Waals surface area contributed by atoms with Crippen molar-refractivity contribution in [3.8, 4) is 0 Å². The number of unbranched alkanes of at least 4 members (excludes halogenated alkanes) is 1. The molecule has 0 saturated heterocycles. The molecular formula is C38H45N3O4. The highest BCUT2D eigenvalue weighted by Crippen LogP contribution is 2.30. The highest BCUT2D eigenvalue weighted by molar-refractivity contribution is 6.00. The van der Waals surface area contributed by atoms with Crippen molar-refractivity contribution in [2.75, 3.05) is 11.9 Å². The number of anilines is 1. The Bertz CT molecular complexity index is 1630. The molecule has 45 heavy (non-hydrogen) atoms. The van der Waals surface area contributed by atoms with E-state index >= 15 is 0 Å². The lowest BCUT2D eigenvalue weighted by Gasteiger charge is -2.35. The number of carbonyl (C=O) groups excluding carboxylic acids is 3. The number of fused-ring (bicyclic) bond motifs is 1. The first-order valence-electron chi connectivity index (χ1n) is 15.7. The molecule has 0 heterocycles. The molecule has 2 N–H and O–H groups in total. The molecule has 0 fully saturated rings. The molecule has 2 atom stereocenters. The second kappa shape index (κ2) is 14.9. The van der Waals surface area contributed by atoms with Crippen molar-refractivity contribution in [2.24, 2.45) is 0 Å². The number of benzene rings is 4. The minimum Gasteiger partial charge on any atom is -0.444 e. The van der Waals surface area contributed by atoms with E-state index in [0.29, 0.717) is 18.7 Å². The largest absolute Gasteiger partial charge is 0.444 e. The van der Waals surface area contributed by atoms with E-state index in [2.05, 4.69) is 10.6 Å². The van der Waals surface area contributed by atoms with Gasteiger partial charge in [-0.15, -0.1) is 0 Å². The van der Waals surface area contributed by atoms with Crippen LogP contribution in [0.25, 0.3) is 10.8 Å². The number of ether oxygens (including phenoxy) is 1. The highest BCUT2D eigenvalue weighted by atomic mass is 16.6. The van der Waals surface area contributed by atoms with E-state index in [1.165, 1.54) is 0 Å². The van der Waals surface area contributed by atoms with Crippen LogP contribution in [0.3, 0.4) is 0 Å². The van der Waals surface area contributed by atoms with Crippen molar-refractivity contribution in [3.05, 3.63) is 113 Å². The zero-order valence-corrected chi connectivity index (χ0v) is 27.2. The van der Waals surface area contributed by atoms with E-state index in [9.17, 15) is 14.4 Å². The predicted molar refractivity (Wildman–Crippen MR) is 181 cm³/mol. The minimum absolute atomic E-state index is 0.243. The van der Waals surface area contributed by atoms with Gasteiger partial charge >= 0.3 is 6.09 Å². The maximum absolute atomic E-state index is 14.7. The molecule has 0 spiro atoms. The number of amides is 3. The lowest BCUT2D eigenvalue weighted by Crippen LogP contribution is -2.53. The number of aryl methyl sites for hydroxylation is 1. The van der Waals surface area contributed by atoms with Gasteiger partial charge in [0.25, 0.3) is 5.91 Å². The number of hydrogen-bond donors (Lipinski definition) is 2. The Labute approximate surface area is 267 Å². The molecule has 4 aromatic carbocycles. The molecule has 0 aliphatic rings. The monoisotopic (exact) mass is 607 g/mol. The van der Waals surface area contributed by atoms with Crippen LogP contribution in [0.4, 0.5) is 10.5 Å². The average Bonchev–Trinajstić information content (AvgIpc) is 3.00. The van der Waals surface area contributed by atoms with Crippen LogP contribution in [0.1, 0.15) is 68.8 Å². The number of rotatable bonds is 11. The molecule has 4 aromatic rings. The molecule has 7 nitrogen and oxygen atoms in total. The number of nitrogens with zero attached hydrogens (tertiary/aromatic N) is 1. The fourth-order valence-electron chi connectivity index (χ4n) is 5.39. The van der Waals surface area contributed by atoms with E-state index in [4.69, 9.17) is 4.74 Å². The lowest BCUT2D eigenvalue weighted by atomic mass is 9.94. The van der Waals surface area contributed by atoms with Gasteiger partial charge < -0.3 is 20.3 Å². The van der Waals surface area contributed by atoms with Crippen LogP contribution >= 0.6 is 0 Å². The smallest absolute Gasteiger partial charge is 0.408 e. The Morgan fingerprint density at radius 2 is 1.53 bits per heavy atom. The van der Waals surface area contributed by atoms with Crippen molar-refractivity contribution in [3.63, 3.8) is 0 Å². The molecule has 236 valence electrons. The standard InChI is InChI=1S/C38H45N3O4/c1-7-8-23-41(36(43)33(24-28-16-10-9-11-17-28)40-37(44)45-38(4,5)6)34(32-20-14-15-26(2)27(32)3)35(42)39-31-22-21-29-18-12-13-19-30(29)25-31/h9-22,25,33-34H,7-8,23-24H2,1-6H3,(H,39,42)(H,40,44). The second-order valence-electron chi connectivity index (χ2n) is 12.5. The number of carbonyl (C=O) groups is 3. The molecule has 0 aliphatic heterocycles. The fraction of sp³-hybridized carbons (Fsp3) is 0.342. The Kier molecular flexibility index (Phi) is 11.0. The van der Waals surface area contributed by atoms with Gasteiger partial charge in [-0.1, -0.05) is 92.2 Å². The summed E-state index contributed by atoms with van der Waals surface area (Å²) in [5.41, 5.74) is 3.48. The summed E-state index contributed by atoms with van der Waals surface area (Å²) in [7, 11) is 0. The van der Waals surface area contributed by atoms with Crippen molar-refractivity contribution >= 4 is 34.4 Å². The first-order valence-corrected chi connectivity index (χ1v) is 15.7. The molecule has 0 aromatic heterocycles. The van der Waals surface area contributed by atoms with Gasteiger partial charge in [-0.2, -0.15) is 0 Å². The third kappa shape index (κ3) is 8.94. The molecule has 0 radical (unpaired) electrons. The number of nitrogens with one attached hydrogen (secondary N) is 2. The number of hydrogen-bond acceptors (Lipinski definition) is 4. The molecule has 4 rings (SSSR count). The molecule has 7 heteroatoms. The lowest BCUT2D eigenvalue weighted by molar-refractivity contribution is -0.140. The van der Waals surface area contributed by atoms with Gasteiger partial charge in [0.2, 0.25) is 5.91 Å². The first kappa shape index (κ1) is 33.2. The van der Waals surface area contributed by atoms with Crippen molar-refractivity contribution in [1.29, 1.82) is 0 Å². The maximum Gasteiger partial charge on any atom is 0.408 e. The fourth-order valence-corrected chi connectivity index (χ4v) is 5.39. The zero-order chi connectivity index (χ0) is 32.6. The highest BCUT2D eigenvalue weighted by Gasteiger charge is 2.37. The normalized spacial score (nSPS) is 12.7. The summed E-state index contributed by atoms with van der Waals surface area (Å²) >= 11 is 0. The maximum atomic E-state index is 14.7. The average molecular weight is 608 g/mol.